The second-order valence-electron chi connectivity index (χ2n) is 2.78. The molecule has 0 aliphatic heterocycles. The van der Waals surface area contributed by atoms with Crippen LogP contribution in [0.5, 0.6) is 0 Å². The number of hydrogen-bond acceptors (Lipinski definition) is 3. The van der Waals surface area contributed by atoms with Gasteiger partial charge in [-0.05, 0) is 6.42 Å². The van der Waals surface area contributed by atoms with Crippen LogP contribution in [0.3, 0.4) is 0 Å². The summed E-state index contributed by atoms with van der Waals surface area (Å²) in [6, 6.07) is 0. The molecule has 70 valence electrons. The van der Waals surface area contributed by atoms with Crippen LogP contribution >= 0.6 is 0 Å². The Morgan fingerprint density at radius 2 is 2.00 bits per heavy atom. The molecule has 0 radical (unpaired) electrons. The first kappa shape index (κ1) is 11.1. The molecule has 0 aromatic heterocycles. The van der Waals surface area contributed by atoms with Gasteiger partial charge in [0, 0.05) is 13.5 Å². The molecule has 0 bridgehead atoms. The topological polar surface area (TPSA) is 49.7 Å². The molecule has 4 nitrogen and oxygen atoms in total. The van der Waals surface area contributed by atoms with E-state index in [4.69, 9.17) is 0 Å². The van der Waals surface area contributed by atoms with Crippen molar-refractivity contribution >= 4 is 5.91 Å². The van der Waals surface area contributed by atoms with Crippen LogP contribution in [0, 0.1) is 4.91 Å². The Morgan fingerprint density at radius 1 is 1.33 bits per heavy atom. The number of unbranched alkanes of at least 4 members (excludes halogenated alkanes) is 3. The van der Waals surface area contributed by atoms with Crippen LogP contribution in [-0.2, 0) is 4.79 Å². The fourth-order valence-electron chi connectivity index (χ4n) is 0.944. The highest BCUT2D eigenvalue weighted by Crippen LogP contribution is 2.01. The molecule has 0 heterocycles. The van der Waals surface area contributed by atoms with Crippen LogP contribution in [0.1, 0.15) is 39.5 Å². The first-order valence-corrected chi connectivity index (χ1v) is 4.33. The summed E-state index contributed by atoms with van der Waals surface area (Å²) in [4.78, 5) is 20.7. The lowest BCUT2D eigenvalue weighted by molar-refractivity contribution is -0.129. The Kier molecular flexibility index (Phi) is 6.24. The highest BCUT2D eigenvalue weighted by molar-refractivity contribution is 5.72. The van der Waals surface area contributed by atoms with Crippen LogP contribution < -0.4 is 0 Å². The fourth-order valence-corrected chi connectivity index (χ4v) is 0.944. The van der Waals surface area contributed by atoms with Crippen LogP contribution in [0.15, 0.2) is 5.29 Å². The molecule has 0 rings (SSSR count). The van der Waals surface area contributed by atoms with Gasteiger partial charge in [-0.15, -0.1) is 4.91 Å². The molecule has 1 amide bonds. The summed E-state index contributed by atoms with van der Waals surface area (Å²) in [6.07, 6.45) is 4.20. The van der Waals surface area contributed by atoms with Crippen molar-refractivity contribution < 1.29 is 4.79 Å². The standard InChI is InChI=1S/C8H16N2O2/c1-3-4-5-6-7-10(9-12)8(2)11/h3-7H2,1-2H3. The van der Waals surface area contributed by atoms with Crippen LogP contribution in [0.4, 0.5) is 0 Å². The summed E-state index contributed by atoms with van der Waals surface area (Å²) in [5.41, 5.74) is 0. The lowest BCUT2D eigenvalue weighted by Crippen LogP contribution is -2.23. The molecule has 0 N–H and O–H groups in total. The average molecular weight is 172 g/mol. The average Bonchev–Trinajstić information content (AvgIpc) is 2.04. The third kappa shape index (κ3) is 4.82. The molecule has 0 aliphatic rings. The van der Waals surface area contributed by atoms with Crippen LogP contribution in [0.2, 0.25) is 0 Å². The minimum Gasteiger partial charge on any atom is -0.273 e. The lowest BCUT2D eigenvalue weighted by Gasteiger charge is -2.09. The Hall–Kier alpha value is -0.930. The van der Waals surface area contributed by atoms with Gasteiger partial charge in [0.1, 0.15) is 0 Å². The molecule has 0 saturated carbocycles. The van der Waals surface area contributed by atoms with Crippen molar-refractivity contribution in [3.05, 3.63) is 4.91 Å². The molecule has 12 heavy (non-hydrogen) atoms. The zero-order chi connectivity index (χ0) is 9.40. The van der Waals surface area contributed by atoms with E-state index in [1.54, 1.807) is 0 Å². The third-order valence-corrected chi connectivity index (χ3v) is 1.69. The summed E-state index contributed by atoms with van der Waals surface area (Å²) < 4.78 is 0. The predicted octanol–water partition coefficient (Wildman–Crippen LogP) is 2.10. The first-order chi connectivity index (χ1) is 5.72. The molecule has 4 heteroatoms. The van der Waals surface area contributed by atoms with Gasteiger partial charge in [-0.25, -0.2) is 0 Å². The Labute approximate surface area is 72.9 Å². The number of amides is 1. The van der Waals surface area contributed by atoms with Gasteiger partial charge in [-0.3, -0.25) is 4.79 Å². The molecular weight excluding hydrogens is 156 g/mol. The minimum absolute atomic E-state index is 0.276. The van der Waals surface area contributed by atoms with E-state index in [1.165, 1.54) is 6.92 Å². The van der Waals surface area contributed by atoms with E-state index < -0.39 is 0 Å². The van der Waals surface area contributed by atoms with E-state index in [-0.39, 0.29) is 5.91 Å². The van der Waals surface area contributed by atoms with Gasteiger partial charge >= 0.3 is 0 Å². The van der Waals surface area contributed by atoms with Gasteiger partial charge in [0.25, 0.3) is 0 Å². The second kappa shape index (κ2) is 6.76. The quantitative estimate of drug-likeness (QED) is 0.350. The molecule has 0 aromatic carbocycles. The molecular formula is C8H16N2O2. The monoisotopic (exact) mass is 172 g/mol. The SMILES string of the molecule is CCCCCCN(N=O)C(C)=O. The Bertz CT molecular complexity index is 148. The number of hydrogen-bond donors (Lipinski definition) is 0. The summed E-state index contributed by atoms with van der Waals surface area (Å²) in [5.74, 6) is -0.276. The van der Waals surface area contributed by atoms with Crippen molar-refractivity contribution in [2.24, 2.45) is 5.29 Å². The van der Waals surface area contributed by atoms with E-state index in [2.05, 4.69) is 12.2 Å². The normalized spacial score (nSPS) is 9.50. The van der Waals surface area contributed by atoms with Crippen LogP contribution in [0.25, 0.3) is 0 Å². The lowest BCUT2D eigenvalue weighted by atomic mass is 10.2. The summed E-state index contributed by atoms with van der Waals surface area (Å²) in [5, 5.41) is 3.59. The second-order valence-corrected chi connectivity index (χ2v) is 2.78. The number of nitrogens with zero attached hydrogens (tertiary/aromatic N) is 2. The Balaban J connectivity index is 3.45. The molecule has 0 fully saturated rings. The minimum atomic E-state index is -0.276. The number of rotatable bonds is 6. The van der Waals surface area contributed by atoms with E-state index >= 15 is 0 Å². The van der Waals surface area contributed by atoms with E-state index in [9.17, 15) is 9.70 Å². The molecule has 0 saturated heterocycles. The molecule has 0 aliphatic carbocycles. The van der Waals surface area contributed by atoms with Gasteiger partial charge in [0.2, 0.25) is 5.91 Å². The van der Waals surface area contributed by atoms with Crippen LogP contribution in [-0.4, -0.2) is 17.5 Å². The van der Waals surface area contributed by atoms with Crippen molar-refractivity contribution in [1.82, 2.24) is 5.01 Å². The zero-order valence-corrected chi connectivity index (χ0v) is 7.75. The molecule has 0 atom stereocenters. The maximum atomic E-state index is 10.7. The summed E-state index contributed by atoms with van der Waals surface area (Å²) in [6.45, 7) is 3.92. The first-order valence-electron chi connectivity index (χ1n) is 4.33. The van der Waals surface area contributed by atoms with Gasteiger partial charge in [0.15, 0.2) is 0 Å². The maximum absolute atomic E-state index is 10.7. The van der Waals surface area contributed by atoms with Crippen molar-refractivity contribution in [2.45, 2.75) is 39.5 Å². The summed E-state index contributed by atoms with van der Waals surface area (Å²) >= 11 is 0. The maximum Gasteiger partial charge on any atom is 0.242 e. The smallest absolute Gasteiger partial charge is 0.242 e. The summed E-state index contributed by atoms with van der Waals surface area (Å²) in [7, 11) is 0. The number of nitroso groups, excluding NO2 is 1. The van der Waals surface area contributed by atoms with Crippen molar-refractivity contribution in [3.8, 4) is 0 Å². The van der Waals surface area contributed by atoms with Crippen molar-refractivity contribution in [2.75, 3.05) is 6.54 Å². The van der Waals surface area contributed by atoms with E-state index in [1.807, 2.05) is 0 Å². The van der Waals surface area contributed by atoms with Gasteiger partial charge in [0.05, 0.1) is 5.29 Å². The van der Waals surface area contributed by atoms with Gasteiger partial charge < -0.3 is 0 Å². The van der Waals surface area contributed by atoms with Crippen molar-refractivity contribution in [1.29, 1.82) is 0 Å². The number of carbonyl (C=O) groups is 1. The predicted molar refractivity (Wildman–Crippen MR) is 47.3 cm³/mol. The molecule has 0 aromatic rings. The van der Waals surface area contributed by atoms with Gasteiger partial charge in [-0.1, -0.05) is 26.2 Å². The number of carbonyl (C=O) groups excluding carboxylic acids is 1. The zero-order valence-electron chi connectivity index (χ0n) is 7.75. The Morgan fingerprint density at radius 3 is 2.42 bits per heavy atom. The van der Waals surface area contributed by atoms with Gasteiger partial charge in [-0.2, -0.15) is 5.01 Å². The third-order valence-electron chi connectivity index (χ3n) is 1.69. The van der Waals surface area contributed by atoms with Crippen molar-refractivity contribution in [3.63, 3.8) is 0 Å². The fraction of sp³-hybridized carbons (Fsp3) is 0.875. The molecule has 0 spiro atoms. The molecule has 0 unspecified atom stereocenters. The highest BCUT2D eigenvalue weighted by atomic mass is 16.3. The largest absolute Gasteiger partial charge is 0.273 e. The highest BCUT2D eigenvalue weighted by Gasteiger charge is 2.06. The van der Waals surface area contributed by atoms with E-state index in [0.717, 1.165) is 30.7 Å². The van der Waals surface area contributed by atoms with E-state index in [0.29, 0.717) is 6.54 Å².